The van der Waals surface area contributed by atoms with E-state index < -0.39 is 18.0 Å². The number of carbonyl (C=O) groups is 2. The molecule has 24 heavy (non-hydrogen) atoms. The quantitative estimate of drug-likeness (QED) is 0.744. The van der Waals surface area contributed by atoms with Gasteiger partial charge in [-0.25, -0.2) is 4.79 Å². The Hall–Kier alpha value is -2.24. The van der Waals surface area contributed by atoms with Gasteiger partial charge in [0.1, 0.15) is 6.10 Å². The molecule has 0 saturated heterocycles. The van der Waals surface area contributed by atoms with Crippen molar-refractivity contribution in [3.05, 3.63) is 23.8 Å². The molecular weight excluding hydrogens is 312 g/mol. The number of carbonyl (C=O) groups excluding carboxylic acids is 2. The lowest BCUT2D eigenvalue weighted by Crippen LogP contribution is -2.36. The molecule has 0 N–H and O–H groups in total. The second-order valence-electron chi connectivity index (χ2n) is 5.66. The van der Waals surface area contributed by atoms with Crippen LogP contribution in [0.3, 0.4) is 0 Å². The second kappa shape index (κ2) is 8.57. The number of benzene rings is 1. The van der Waals surface area contributed by atoms with Crippen molar-refractivity contribution in [2.75, 3.05) is 20.8 Å². The Labute approximate surface area is 142 Å². The van der Waals surface area contributed by atoms with Crippen LogP contribution in [0.25, 0.3) is 0 Å². The van der Waals surface area contributed by atoms with Crippen molar-refractivity contribution in [3.8, 4) is 11.5 Å². The third-order valence-corrected chi connectivity index (χ3v) is 4.16. The van der Waals surface area contributed by atoms with Crippen LogP contribution in [-0.2, 0) is 14.3 Å². The Bertz CT molecular complexity index is 583. The largest absolute Gasteiger partial charge is 0.493 e. The monoisotopic (exact) mass is 336 g/mol. The summed E-state index contributed by atoms with van der Waals surface area (Å²) >= 11 is 0. The van der Waals surface area contributed by atoms with Gasteiger partial charge < -0.3 is 18.9 Å². The van der Waals surface area contributed by atoms with Crippen LogP contribution < -0.4 is 9.47 Å². The average Bonchev–Trinajstić information content (AvgIpc) is 2.62. The lowest BCUT2D eigenvalue weighted by Gasteiger charge is -2.29. The first-order valence-electron chi connectivity index (χ1n) is 8.20. The van der Waals surface area contributed by atoms with Gasteiger partial charge in [-0.05, 0) is 44.4 Å². The molecule has 0 aliphatic heterocycles. The van der Waals surface area contributed by atoms with E-state index in [2.05, 4.69) is 0 Å². The third-order valence-electron chi connectivity index (χ3n) is 4.16. The summed E-state index contributed by atoms with van der Waals surface area (Å²) in [6, 6.07) is 4.90. The summed E-state index contributed by atoms with van der Waals surface area (Å²) in [4.78, 5) is 24.3. The number of hydrogen-bond acceptors (Lipinski definition) is 6. The predicted octanol–water partition coefficient (Wildman–Crippen LogP) is 2.98. The molecule has 2 atom stereocenters. The molecule has 0 radical (unpaired) electrons. The van der Waals surface area contributed by atoms with Crippen molar-refractivity contribution in [1.29, 1.82) is 0 Å². The highest BCUT2D eigenvalue weighted by molar-refractivity contribution is 5.90. The fourth-order valence-corrected chi connectivity index (χ4v) is 2.93. The SMILES string of the molecule is CCOc1ccc(C(=O)O[C@@H]2CCCC[C@H]2C(=O)OC)cc1OC. The summed E-state index contributed by atoms with van der Waals surface area (Å²) in [5.74, 6) is -0.146. The molecule has 6 heteroatoms. The van der Waals surface area contributed by atoms with Crippen LogP contribution in [-0.4, -0.2) is 38.9 Å². The van der Waals surface area contributed by atoms with Crippen molar-refractivity contribution >= 4 is 11.9 Å². The maximum atomic E-state index is 12.4. The van der Waals surface area contributed by atoms with Crippen LogP contribution in [0, 0.1) is 5.92 Å². The van der Waals surface area contributed by atoms with Crippen LogP contribution in [0.5, 0.6) is 11.5 Å². The lowest BCUT2D eigenvalue weighted by molar-refractivity contribution is -0.151. The second-order valence-corrected chi connectivity index (χ2v) is 5.66. The molecular formula is C18H24O6. The van der Waals surface area contributed by atoms with Crippen molar-refractivity contribution < 1.29 is 28.5 Å². The maximum Gasteiger partial charge on any atom is 0.338 e. The van der Waals surface area contributed by atoms with Gasteiger partial charge in [0, 0.05) is 0 Å². The minimum absolute atomic E-state index is 0.322. The summed E-state index contributed by atoms with van der Waals surface area (Å²) in [6.45, 7) is 2.38. The third kappa shape index (κ3) is 4.19. The zero-order valence-electron chi connectivity index (χ0n) is 14.4. The highest BCUT2D eigenvalue weighted by Crippen LogP contribution is 2.31. The molecule has 1 saturated carbocycles. The molecule has 0 spiro atoms. The average molecular weight is 336 g/mol. The Morgan fingerprint density at radius 2 is 1.88 bits per heavy atom. The van der Waals surface area contributed by atoms with Gasteiger partial charge in [-0.15, -0.1) is 0 Å². The zero-order valence-corrected chi connectivity index (χ0v) is 14.4. The van der Waals surface area contributed by atoms with E-state index >= 15 is 0 Å². The maximum absolute atomic E-state index is 12.4. The first-order chi connectivity index (χ1) is 11.6. The Balaban J connectivity index is 2.12. The van der Waals surface area contributed by atoms with E-state index in [-0.39, 0.29) is 5.97 Å². The van der Waals surface area contributed by atoms with Crippen molar-refractivity contribution in [2.45, 2.75) is 38.7 Å². The Morgan fingerprint density at radius 3 is 2.54 bits per heavy atom. The Kier molecular flexibility index (Phi) is 6.46. The van der Waals surface area contributed by atoms with Gasteiger partial charge in [0.2, 0.25) is 0 Å². The highest BCUT2D eigenvalue weighted by Gasteiger charge is 2.34. The predicted molar refractivity (Wildman–Crippen MR) is 87.3 cm³/mol. The van der Waals surface area contributed by atoms with E-state index in [1.165, 1.54) is 14.2 Å². The summed E-state index contributed by atoms with van der Waals surface area (Å²) in [5.41, 5.74) is 0.365. The summed E-state index contributed by atoms with van der Waals surface area (Å²) < 4.78 is 21.1. The van der Waals surface area contributed by atoms with E-state index in [0.29, 0.717) is 36.5 Å². The fraction of sp³-hybridized carbons (Fsp3) is 0.556. The molecule has 1 aromatic rings. The van der Waals surface area contributed by atoms with Gasteiger partial charge in [-0.1, -0.05) is 6.42 Å². The van der Waals surface area contributed by atoms with Gasteiger partial charge >= 0.3 is 11.9 Å². The molecule has 0 aromatic heterocycles. The number of ether oxygens (including phenoxy) is 4. The van der Waals surface area contributed by atoms with Crippen LogP contribution >= 0.6 is 0 Å². The number of methoxy groups -OCH3 is 2. The van der Waals surface area contributed by atoms with Gasteiger partial charge in [0.05, 0.1) is 32.3 Å². The van der Waals surface area contributed by atoms with Crippen molar-refractivity contribution in [2.24, 2.45) is 5.92 Å². The van der Waals surface area contributed by atoms with Gasteiger partial charge in [0.15, 0.2) is 11.5 Å². The first-order valence-corrected chi connectivity index (χ1v) is 8.20. The van der Waals surface area contributed by atoms with Gasteiger partial charge in [0.25, 0.3) is 0 Å². The summed E-state index contributed by atoms with van der Waals surface area (Å²) in [5, 5.41) is 0. The standard InChI is InChI=1S/C18H24O6/c1-4-23-15-10-9-12(11-16(15)21-2)17(19)24-14-8-6-5-7-13(14)18(20)22-3/h9-11,13-14H,4-8H2,1-3H3/t13-,14-/m1/s1. The minimum atomic E-state index is -0.475. The molecule has 0 amide bonds. The van der Waals surface area contributed by atoms with E-state index in [1.54, 1.807) is 18.2 Å². The van der Waals surface area contributed by atoms with Crippen LogP contribution in [0.4, 0.5) is 0 Å². The van der Waals surface area contributed by atoms with Crippen LogP contribution in [0.15, 0.2) is 18.2 Å². The lowest BCUT2D eigenvalue weighted by atomic mass is 9.86. The first kappa shape index (κ1) is 18.1. The molecule has 0 heterocycles. The van der Waals surface area contributed by atoms with Crippen LogP contribution in [0.2, 0.25) is 0 Å². The van der Waals surface area contributed by atoms with Crippen LogP contribution in [0.1, 0.15) is 43.0 Å². The van der Waals surface area contributed by atoms with E-state index in [0.717, 1.165) is 12.8 Å². The van der Waals surface area contributed by atoms with Crippen molar-refractivity contribution in [3.63, 3.8) is 0 Å². The zero-order chi connectivity index (χ0) is 17.5. The Morgan fingerprint density at radius 1 is 1.12 bits per heavy atom. The van der Waals surface area contributed by atoms with E-state index in [1.807, 2.05) is 6.92 Å². The van der Waals surface area contributed by atoms with E-state index in [9.17, 15) is 9.59 Å². The summed E-state index contributed by atoms with van der Waals surface area (Å²) in [6.07, 6.45) is 2.76. The molecule has 0 unspecified atom stereocenters. The summed E-state index contributed by atoms with van der Waals surface area (Å²) in [7, 11) is 2.87. The molecule has 1 aliphatic rings. The molecule has 1 fully saturated rings. The number of rotatable bonds is 6. The smallest absolute Gasteiger partial charge is 0.338 e. The van der Waals surface area contributed by atoms with Gasteiger partial charge in [-0.2, -0.15) is 0 Å². The minimum Gasteiger partial charge on any atom is -0.493 e. The topological polar surface area (TPSA) is 71.1 Å². The molecule has 1 aliphatic carbocycles. The fourth-order valence-electron chi connectivity index (χ4n) is 2.93. The molecule has 6 nitrogen and oxygen atoms in total. The van der Waals surface area contributed by atoms with Gasteiger partial charge in [-0.3, -0.25) is 4.79 Å². The molecule has 0 bridgehead atoms. The molecule has 1 aromatic carbocycles. The highest BCUT2D eigenvalue weighted by atomic mass is 16.6. The number of hydrogen-bond donors (Lipinski definition) is 0. The normalized spacial score (nSPS) is 20.1. The number of esters is 2. The molecule has 2 rings (SSSR count). The molecule has 132 valence electrons. The van der Waals surface area contributed by atoms with Crippen molar-refractivity contribution in [1.82, 2.24) is 0 Å². The van der Waals surface area contributed by atoms with E-state index in [4.69, 9.17) is 18.9 Å².